The third kappa shape index (κ3) is 3.97. The van der Waals surface area contributed by atoms with Crippen molar-refractivity contribution in [2.75, 3.05) is 45.1 Å². The van der Waals surface area contributed by atoms with Gasteiger partial charge in [0.2, 0.25) is 11.7 Å². The van der Waals surface area contributed by atoms with Gasteiger partial charge in [-0.05, 0) is 13.8 Å². The van der Waals surface area contributed by atoms with E-state index in [0.717, 1.165) is 5.69 Å². The topological polar surface area (TPSA) is 116 Å². The second-order valence-electron chi connectivity index (χ2n) is 6.48. The van der Waals surface area contributed by atoms with Crippen molar-refractivity contribution in [3.8, 4) is 17.2 Å². The van der Waals surface area contributed by atoms with Gasteiger partial charge in [-0.2, -0.15) is 0 Å². The maximum Gasteiger partial charge on any atom is 0.210 e. The van der Waals surface area contributed by atoms with Gasteiger partial charge in [0.05, 0.1) is 27.9 Å². The van der Waals surface area contributed by atoms with E-state index < -0.39 is 0 Å². The van der Waals surface area contributed by atoms with E-state index in [4.69, 9.17) is 24.3 Å². The fraction of sp³-hybridized carbons (Fsp3) is 0.421. The summed E-state index contributed by atoms with van der Waals surface area (Å²) in [6, 6.07) is 3.70. The van der Waals surface area contributed by atoms with E-state index in [-0.39, 0.29) is 12.6 Å². The predicted octanol–water partition coefficient (Wildman–Crippen LogP) is 2.58. The minimum Gasteiger partial charge on any atom is -0.493 e. The van der Waals surface area contributed by atoms with Gasteiger partial charge in [0.25, 0.3) is 0 Å². The van der Waals surface area contributed by atoms with Gasteiger partial charge in [0.15, 0.2) is 28.5 Å². The number of imidazole rings is 1. The highest BCUT2D eigenvalue weighted by atomic mass is 16.5. The van der Waals surface area contributed by atoms with E-state index in [1.165, 1.54) is 6.33 Å². The maximum atomic E-state index is 9.11. The van der Waals surface area contributed by atoms with Crippen molar-refractivity contribution < 1.29 is 19.3 Å². The predicted molar refractivity (Wildman–Crippen MR) is 111 cm³/mol. The van der Waals surface area contributed by atoms with E-state index >= 15 is 0 Å². The first kappa shape index (κ1) is 20.5. The molecule has 0 saturated carbocycles. The molecule has 1 aromatic carbocycles. The van der Waals surface area contributed by atoms with Crippen LogP contribution in [0, 0.1) is 0 Å². The summed E-state index contributed by atoms with van der Waals surface area (Å²) in [5.41, 5.74) is 2.02. The zero-order valence-electron chi connectivity index (χ0n) is 17.2. The number of aliphatic hydroxyl groups is 1. The first-order valence-corrected chi connectivity index (χ1v) is 9.18. The average Bonchev–Trinajstić information content (AvgIpc) is 3.09. The zero-order valence-corrected chi connectivity index (χ0v) is 17.2. The lowest BCUT2D eigenvalue weighted by atomic mass is 10.2. The van der Waals surface area contributed by atoms with Crippen LogP contribution in [0.1, 0.15) is 19.9 Å². The largest absolute Gasteiger partial charge is 0.493 e. The molecule has 0 saturated heterocycles. The molecule has 10 nitrogen and oxygen atoms in total. The monoisotopic (exact) mass is 402 g/mol. The molecule has 156 valence electrons. The molecule has 0 aliphatic rings. The average molecular weight is 402 g/mol. The third-order valence-electron chi connectivity index (χ3n) is 4.32. The first-order valence-electron chi connectivity index (χ1n) is 9.18. The first-order chi connectivity index (χ1) is 14.0. The number of hydrogen-bond acceptors (Lipinski definition) is 9. The van der Waals surface area contributed by atoms with E-state index in [9.17, 15) is 0 Å². The summed E-state index contributed by atoms with van der Waals surface area (Å²) < 4.78 is 18.2. The van der Waals surface area contributed by atoms with Crippen molar-refractivity contribution in [1.29, 1.82) is 0 Å². The van der Waals surface area contributed by atoms with Crippen LogP contribution in [0.5, 0.6) is 17.2 Å². The summed E-state index contributed by atoms with van der Waals surface area (Å²) in [6.45, 7) is 4.46. The Morgan fingerprint density at radius 3 is 2.31 bits per heavy atom. The second-order valence-corrected chi connectivity index (χ2v) is 6.48. The van der Waals surface area contributed by atoms with E-state index in [2.05, 4.69) is 20.6 Å². The van der Waals surface area contributed by atoms with Crippen molar-refractivity contribution >= 4 is 28.6 Å². The lowest BCUT2D eigenvalue weighted by molar-refractivity contribution is 0.311. The normalized spacial score (nSPS) is 11.0. The van der Waals surface area contributed by atoms with Crippen LogP contribution in [0.3, 0.4) is 0 Å². The van der Waals surface area contributed by atoms with Crippen molar-refractivity contribution in [3.05, 3.63) is 18.5 Å². The molecule has 0 fully saturated rings. The molecule has 29 heavy (non-hydrogen) atoms. The minimum atomic E-state index is -0.00701. The Kier molecular flexibility index (Phi) is 6.23. The van der Waals surface area contributed by atoms with Gasteiger partial charge >= 0.3 is 0 Å². The summed E-state index contributed by atoms with van der Waals surface area (Å²) in [4.78, 5) is 13.4. The van der Waals surface area contributed by atoms with Crippen LogP contribution < -0.4 is 24.8 Å². The molecule has 0 aliphatic carbocycles. The molecule has 3 N–H and O–H groups in total. The number of hydrogen-bond donors (Lipinski definition) is 3. The van der Waals surface area contributed by atoms with Crippen molar-refractivity contribution in [1.82, 2.24) is 19.5 Å². The number of nitrogens with zero attached hydrogens (tertiary/aromatic N) is 4. The van der Waals surface area contributed by atoms with Gasteiger partial charge in [-0.3, -0.25) is 4.57 Å². The molecule has 3 rings (SSSR count). The molecule has 0 aliphatic heterocycles. The number of anilines is 3. The fourth-order valence-corrected chi connectivity index (χ4v) is 3.07. The molecule has 2 heterocycles. The zero-order chi connectivity index (χ0) is 21.0. The molecule has 0 spiro atoms. The van der Waals surface area contributed by atoms with Gasteiger partial charge in [-0.15, -0.1) is 0 Å². The molecule has 0 atom stereocenters. The summed E-state index contributed by atoms with van der Waals surface area (Å²) >= 11 is 0. The van der Waals surface area contributed by atoms with Crippen LogP contribution in [-0.4, -0.2) is 59.1 Å². The lowest BCUT2D eigenvalue weighted by Gasteiger charge is -2.16. The lowest BCUT2D eigenvalue weighted by Crippen LogP contribution is -2.08. The number of methoxy groups -OCH3 is 3. The fourth-order valence-electron chi connectivity index (χ4n) is 3.07. The number of nitrogens with one attached hydrogen (secondary N) is 2. The summed E-state index contributed by atoms with van der Waals surface area (Å²) in [7, 11) is 4.70. The SMILES string of the molecule is COc1cc(Nc2nc3c(NCCO)ncnc3n2C(C)C)cc(OC)c1OC. The second kappa shape index (κ2) is 8.82. The number of ether oxygens (including phenoxy) is 3. The number of aromatic nitrogens is 4. The van der Waals surface area contributed by atoms with Crippen molar-refractivity contribution in [2.24, 2.45) is 0 Å². The Morgan fingerprint density at radius 1 is 1.07 bits per heavy atom. The number of aliphatic hydroxyl groups excluding tert-OH is 1. The summed E-state index contributed by atoms with van der Waals surface area (Å²) in [5.74, 6) is 2.74. The van der Waals surface area contributed by atoms with Crippen LogP contribution in [0.2, 0.25) is 0 Å². The van der Waals surface area contributed by atoms with Crippen LogP contribution in [-0.2, 0) is 0 Å². The molecule has 0 amide bonds. The van der Waals surface area contributed by atoms with Gasteiger partial charge < -0.3 is 30.0 Å². The molecule has 0 bridgehead atoms. The van der Waals surface area contributed by atoms with Gasteiger partial charge in [-0.1, -0.05) is 0 Å². The van der Waals surface area contributed by atoms with E-state index in [1.807, 2.05) is 30.5 Å². The Morgan fingerprint density at radius 2 is 1.76 bits per heavy atom. The highest BCUT2D eigenvalue weighted by Gasteiger charge is 2.20. The molecular weight excluding hydrogens is 376 g/mol. The summed E-state index contributed by atoms with van der Waals surface area (Å²) in [5, 5.41) is 15.5. The Labute approximate surface area is 168 Å². The molecule has 3 aromatic rings. The maximum absolute atomic E-state index is 9.11. The quantitative estimate of drug-likeness (QED) is 0.496. The molecule has 0 unspecified atom stereocenters. The van der Waals surface area contributed by atoms with Gasteiger partial charge in [0.1, 0.15) is 6.33 Å². The van der Waals surface area contributed by atoms with Crippen LogP contribution in [0.4, 0.5) is 17.5 Å². The van der Waals surface area contributed by atoms with Gasteiger partial charge in [-0.25, -0.2) is 15.0 Å². The highest BCUT2D eigenvalue weighted by Crippen LogP contribution is 2.41. The van der Waals surface area contributed by atoms with Crippen molar-refractivity contribution in [3.63, 3.8) is 0 Å². The minimum absolute atomic E-state index is 0.00701. The number of rotatable bonds is 9. The van der Waals surface area contributed by atoms with E-state index in [1.54, 1.807) is 21.3 Å². The smallest absolute Gasteiger partial charge is 0.210 e. The standard InChI is InChI=1S/C19H26N6O4/c1-11(2)25-18-15(17(20-6-7-26)21-10-22-18)24-19(25)23-12-8-13(27-3)16(29-5)14(9-12)28-4/h8-11,26H,6-7H2,1-5H3,(H,23,24)(H,20,21,22). The van der Waals surface area contributed by atoms with Gasteiger partial charge in [0, 0.05) is 30.4 Å². The molecule has 0 radical (unpaired) electrons. The Balaban J connectivity index is 2.09. The van der Waals surface area contributed by atoms with Crippen LogP contribution >= 0.6 is 0 Å². The van der Waals surface area contributed by atoms with E-state index in [0.29, 0.717) is 46.7 Å². The van der Waals surface area contributed by atoms with Crippen molar-refractivity contribution in [2.45, 2.75) is 19.9 Å². The highest BCUT2D eigenvalue weighted by molar-refractivity contribution is 5.86. The Hall–Kier alpha value is -3.27. The number of benzene rings is 1. The molecular formula is C19H26N6O4. The summed E-state index contributed by atoms with van der Waals surface area (Å²) in [6.07, 6.45) is 1.48. The molecule has 2 aromatic heterocycles. The Bertz CT molecular complexity index is 963. The number of fused-ring (bicyclic) bond motifs is 1. The third-order valence-corrected chi connectivity index (χ3v) is 4.32. The molecule has 10 heteroatoms. The van der Waals surface area contributed by atoms with Crippen LogP contribution in [0.25, 0.3) is 11.2 Å². The van der Waals surface area contributed by atoms with Crippen LogP contribution in [0.15, 0.2) is 18.5 Å².